The molecule has 5 aromatic rings. The monoisotopic (exact) mass is 475 g/mol. The average molecular weight is 475 g/mol. The lowest BCUT2D eigenvalue weighted by atomic mass is 10.2. The highest BCUT2D eigenvalue weighted by molar-refractivity contribution is 7.99. The van der Waals surface area contributed by atoms with Gasteiger partial charge in [0.15, 0.2) is 5.16 Å². The molecule has 0 fully saturated rings. The van der Waals surface area contributed by atoms with Crippen molar-refractivity contribution in [2.24, 2.45) is 0 Å². The molecule has 10 nitrogen and oxygen atoms in total. The predicted octanol–water partition coefficient (Wildman–Crippen LogP) is 3.78. The number of aromatic amines is 1. The van der Waals surface area contributed by atoms with Crippen LogP contribution >= 0.6 is 11.8 Å². The van der Waals surface area contributed by atoms with Crippen LogP contribution in [0.1, 0.15) is 5.76 Å². The third-order valence-electron chi connectivity index (χ3n) is 5.19. The van der Waals surface area contributed by atoms with Crippen LogP contribution in [0.3, 0.4) is 0 Å². The molecule has 170 valence electrons. The number of amides is 1. The fourth-order valence-corrected chi connectivity index (χ4v) is 4.41. The van der Waals surface area contributed by atoms with Crippen molar-refractivity contribution in [1.29, 1.82) is 0 Å². The van der Waals surface area contributed by atoms with Crippen molar-refractivity contribution in [1.82, 2.24) is 19.9 Å². The summed E-state index contributed by atoms with van der Waals surface area (Å²) in [5.41, 5.74) is 1.51. The van der Waals surface area contributed by atoms with Crippen molar-refractivity contribution in [3.63, 3.8) is 0 Å². The van der Waals surface area contributed by atoms with Crippen LogP contribution < -0.4 is 10.9 Å². The maximum Gasteiger partial charge on any atom is 0.283 e. The number of nitro groups is 1. The largest absolute Gasteiger partial charge is 0.467 e. The first-order valence-corrected chi connectivity index (χ1v) is 11.2. The second-order valence-corrected chi connectivity index (χ2v) is 8.29. The summed E-state index contributed by atoms with van der Waals surface area (Å²) >= 11 is 1.10. The first-order chi connectivity index (χ1) is 16.5. The SMILES string of the molecule is O=C(CSc1nc2c([nH]c3ccccc32)c(=O)n1-c1ccc([N+](=O)[O-])cc1)NCc1ccco1. The van der Waals surface area contributed by atoms with Gasteiger partial charge < -0.3 is 14.7 Å². The zero-order valence-corrected chi connectivity index (χ0v) is 18.4. The number of nitrogens with one attached hydrogen (secondary N) is 2. The number of nitro benzene ring substituents is 1. The highest BCUT2D eigenvalue weighted by Crippen LogP contribution is 2.27. The number of nitrogens with zero attached hydrogens (tertiary/aromatic N) is 3. The minimum atomic E-state index is -0.509. The lowest BCUT2D eigenvalue weighted by molar-refractivity contribution is -0.384. The summed E-state index contributed by atoms with van der Waals surface area (Å²) < 4.78 is 6.57. The van der Waals surface area contributed by atoms with E-state index < -0.39 is 4.92 Å². The number of rotatable bonds is 7. The number of non-ortho nitro benzene ring substituents is 1. The molecule has 0 unspecified atom stereocenters. The summed E-state index contributed by atoms with van der Waals surface area (Å²) in [5, 5.41) is 14.9. The predicted molar refractivity (Wildman–Crippen MR) is 127 cm³/mol. The van der Waals surface area contributed by atoms with Gasteiger partial charge in [0.2, 0.25) is 5.91 Å². The lowest BCUT2D eigenvalue weighted by Crippen LogP contribution is -2.26. The van der Waals surface area contributed by atoms with Gasteiger partial charge in [0.1, 0.15) is 16.8 Å². The fraction of sp³-hybridized carbons (Fsp3) is 0.0870. The summed E-state index contributed by atoms with van der Waals surface area (Å²) in [6.07, 6.45) is 1.53. The van der Waals surface area contributed by atoms with Gasteiger partial charge in [-0.2, -0.15) is 0 Å². The van der Waals surface area contributed by atoms with Crippen molar-refractivity contribution in [2.75, 3.05) is 5.75 Å². The summed E-state index contributed by atoms with van der Waals surface area (Å²) in [6, 6.07) is 16.5. The lowest BCUT2D eigenvalue weighted by Gasteiger charge is -2.12. The van der Waals surface area contributed by atoms with E-state index in [-0.39, 0.29) is 29.5 Å². The van der Waals surface area contributed by atoms with Crippen molar-refractivity contribution in [3.05, 3.63) is 93.2 Å². The van der Waals surface area contributed by atoms with E-state index in [1.807, 2.05) is 24.3 Å². The number of para-hydroxylation sites is 1. The van der Waals surface area contributed by atoms with Crippen LogP contribution in [0.5, 0.6) is 0 Å². The molecule has 3 heterocycles. The molecule has 0 bridgehead atoms. The van der Waals surface area contributed by atoms with Crippen LogP contribution in [-0.2, 0) is 11.3 Å². The third-order valence-corrected chi connectivity index (χ3v) is 6.12. The molecule has 0 aliphatic carbocycles. The zero-order valence-electron chi connectivity index (χ0n) is 17.6. The van der Waals surface area contributed by atoms with Crippen molar-refractivity contribution in [2.45, 2.75) is 11.7 Å². The zero-order chi connectivity index (χ0) is 23.7. The maximum absolute atomic E-state index is 13.5. The molecule has 2 N–H and O–H groups in total. The number of aromatic nitrogens is 3. The van der Waals surface area contributed by atoms with Crippen LogP contribution in [0.4, 0.5) is 5.69 Å². The molecule has 0 radical (unpaired) electrons. The number of hydrogen-bond donors (Lipinski definition) is 2. The third kappa shape index (κ3) is 4.04. The van der Waals surface area contributed by atoms with Crippen LogP contribution in [0.25, 0.3) is 27.6 Å². The highest BCUT2D eigenvalue weighted by atomic mass is 32.2. The molecule has 0 saturated heterocycles. The van der Waals surface area contributed by atoms with E-state index in [2.05, 4.69) is 10.3 Å². The molecule has 0 aliphatic heterocycles. The Morgan fingerprint density at radius 2 is 1.94 bits per heavy atom. The Labute approximate surface area is 195 Å². The molecule has 0 atom stereocenters. The number of hydrogen-bond acceptors (Lipinski definition) is 7. The highest BCUT2D eigenvalue weighted by Gasteiger charge is 2.19. The molecule has 0 saturated carbocycles. The minimum Gasteiger partial charge on any atom is -0.467 e. The number of fused-ring (bicyclic) bond motifs is 3. The van der Waals surface area contributed by atoms with Crippen LogP contribution in [0.15, 0.2) is 81.3 Å². The minimum absolute atomic E-state index is 0.00793. The van der Waals surface area contributed by atoms with E-state index in [0.29, 0.717) is 27.6 Å². The van der Waals surface area contributed by atoms with Gasteiger partial charge in [-0.25, -0.2) is 4.98 Å². The van der Waals surface area contributed by atoms with E-state index in [9.17, 15) is 19.7 Å². The molecule has 2 aromatic carbocycles. The Bertz CT molecular complexity index is 1570. The summed E-state index contributed by atoms with van der Waals surface area (Å²) in [7, 11) is 0. The molecule has 0 spiro atoms. The Morgan fingerprint density at radius 3 is 2.68 bits per heavy atom. The second kappa shape index (κ2) is 8.87. The normalized spacial score (nSPS) is 11.2. The van der Waals surface area contributed by atoms with Crippen molar-refractivity contribution in [3.8, 4) is 5.69 Å². The standard InChI is InChI=1S/C23H17N5O5S/c29-19(24-12-16-4-3-11-33-16)13-34-23-26-20-17-5-1-2-6-18(17)25-21(20)22(30)27(23)14-7-9-15(10-8-14)28(31)32/h1-11,25H,12-13H2,(H,24,29). The summed E-state index contributed by atoms with van der Waals surface area (Å²) in [5.74, 6) is 0.373. The molecule has 0 aliphatic rings. The van der Waals surface area contributed by atoms with Gasteiger partial charge in [-0.1, -0.05) is 30.0 Å². The molecule has 5 rings (SSSR count). The summed E-state index contributed by atoms with van der Waals surface area (Å²) in [4.78, 5) is 44.3. The maximum atomic E-state index is 13.5. The van der Waals surface area contributed by atoms with E-state index >= 15 is 0 Å². The first-order valence-electron chi connectivity index (χ1n) is 10.2. The quantitative estimate of drug-likeness (QED) is 0.158. The van der Waals surface area contributed by atoms with Crippen molar-refractivity contribution < 1.29 is 14.1 Å². The van der Waals surface area contributed by atoms with E-state index in [0.717, 1.165) is 22.7 Å². The number of carbonyl (C=O) groups is 1. The molecular formula is C23H17N5O5S. The number of thioether (sulfide) groups is 1. The molecule has 11 heteroatoms. The number of carbonyl (C=O) groups excluding carboxylic acids is 1. The van der Waals surface area contributed by atoms with Gasteiger partial charge in [-0.15, -0.1) is 0 Å². The molecule has 34 heavy (non-hydrogen) atoms. The Hall–Kier alpha value is -4.38. The number of benzene rings is 2. The molecule has 3 aromatic heterocycles. The number of furan rings is 1. The second-order valence-electron chi connectivity index (χ2n) is 7.35. The van der Waals surface area contributed by atoms with E-state index in [4.69, 9.17) is 9.40 Å². The van der Waals surface area contributed by atoms with Gasteiger partial charge in [-0.3, -0.25) is 24.3 Å². The molecular weight excluding hydrogens is 458 g/mol. The number of H-pyrrole nitrogens is 1. The fourth-order valence-electron chi connectivity index (χ4n) is 3.57. The van der Waals surface area contributed by atoms with Crippen molar-refractivity contribution >= 4 is 45.3 Å². The summed E-state index contributed by atoms with van der Waals surface area (Å²) in [6.45, 7) is 0.246. The first kappa shape index (κ1) is 21.5. The van der Waals surface area contributed by atoms with E-state index in [1.165, 1.54) is 35.1 Å². The Kier molecular flexibility index (Phi) is 5.60. The van der Waals surface area contributed by atoms with Crippen LogP contribution in [0, 0.1) is 10.1 Å². The van der Waals surface area contributed by atoms with Gasteiger partial charge in [0.25, 0.3) is 11.2 Å². The van der Waals surface area contributed by atoms with E-state index in [1.54, 1.807) is 12.1 Å². The van der Waals surface area contributed by atoms with Gasteiger partial charge in [-0.05, 0) is 30.3 Å². The van der Waals surface area contributed by atoms with Gasteiger partial charge in [0.05, 0.1) is 29.2 Å². The van der Waals surface area contributed by atoms with Crippen LogP contribution in [0.2, 0.25) is 0 Å². The topological polar surface area (TPSA) is 136 Å². The van der Waals surface area contributed by atoms with Gasteiger partial charge >= 0.3 is 0 Å². The Morgan fingerprint density at radius 1 is 1.15 bits per heavy atom. The van der Waals surface area contributed by atoms with Gasteiger partial charge in [0, 0.05) is 23.0 Å². The Balaban J connectivity index is 1.54. The molecule has 1 amide bonds. The smallest absolute Gasteiger partial charge is 0.283 e. The average Bonchev–Trinajstić information content (AvgIpc) is 3.50. The van der Waals surface area contributed by atoms with Crippen LogP contribution in [-0.4, -0.2) is 31.1 Å².